The zero-order chi connectivity index (χ0) is 13.8. The van der Waals surface area contributed by atoms with E-state index in [1.807, 2.05) is 6.92 Å². The molecule has 0 fully saturated rings. The molecule has 0 aliphatic rings. The molecule has 8 heteroatoms. The topological polar surface area (TPSA) is 115 Å². The van der Waals surface area contributed by atoms with Gasteiger partial charge < -0.3 is 5.73 Å². The Labute approximate surface area is 105 Å². The fraction of sp³-hybridized carbons (Fsp3) is 0.400. The summed E-state index contributed by atoms with van der Waals surface area (Å²) in [7, 11) is -3.66. The van der Waals surface area contributed by atoms with Crippen LogP contribution in [0.5, 0.6) is 0 Å². The molecule has 0 aromatic heterocycles. The summed E-state index contributed by atoms with van der Waals surface area (Å²) in [6.07, 6.45) is 0.656. The highest BCUT2D eigenvalue weighted by molar-refractivity contribution is 7.89. The Morgan fingerprint density at radius 1 is 1.39 bits per heavy atom. The Balaban J connectivity index is 2.82. The standard InChI is InChI=1S/C10H15N3O4S/c1-2-8(11)7-12-18(16,17)10-5-3-9(4-6-10)13(14)15/h3-6,8,12H,2,7,11H2,1H3. The van der Waals surface area contributed by atoms with Gasteiger partial charge in [-0.15, -0.1) is 0 Å². The smallest absolute Gasteiger partial charge is 0.269 e. The predicted molar refractivity (Wildman–Crippen MR) is 66.6 cm³/mol. The molecule has 0 aliphatic heterocycles. The van der Waals surface area contributed by atoms with Crippen molar-refractivity contribution in [1.82, 2.24) is 4.72 Å². The first-order valence-electron chi connectivity index (χ1n) is 5.36. The summed E-state index contributed by atoms with van der Waals surface area (Å²) in [5.41, 5.74) is 5.45. The van der Waals surface area contributed by atoms with E-state index in [9.17, 15) is 18.5 Å². The molecule has 7 nitrogen and oxygen atoms in total. The van der Waals surface area contributed by atoms with Crippen molar-refractivity contribution in [2.45, 2.75) is 24.3 Å². The monoisotopic (exact) mass is 273 g/mol. The van der Waals surface area contributed by atoms with Gasteiger partial charge in [0, 0.05) is 24.7 Å². The Morgan fingerprint density at radius 3 is 2.39 bits per heavy atom. The highest BCUT2D eigenvalue weighted by Crippen LogP contribution is 2.15. The number of sulfonamides is 1. The average Bonchev–Trinajstić information content (AvgIpc) is 2.36. The number of nitrogens with one attached hydrogen (secondary N) is 1. The van der Waals surface area contributed by atoms with Gasteiger partial charge in [0.2, 0.25) is 10.0 Å². The van der Waals surface area contributed by atoms with Crippen LogP contribution in [0.3, 0.4) is 0 Å². The number of nitro groups is 1. The third kappa shape index (κ3) is 3.76. The van der Waals surface area contributed by atoms with Gasteiger partial charge in [-0.05, 0) is 18.6 Å². The molecule has 1 aromatic carbocycles. The van der Waals surface area contributed by atoms with Crippen molar-refractivity contribution in [2.75, 3.05) is 6.54 Å². The minimum absolute atomic E-state index is 0.0172. The molecule has 3 N–H and O–H groups in total. The van der Waals surface area contributed by atoms with Crippen molar-refractivity contribution >= 4 is 15.7 Å². The first-order valence-corrected chi connectivity index (χ1v) is 6.85. The second-order valence-electron chi connectivity index (χ2n) is 3.77. The van der Waals surface area contributed by atoms with Crippen molar-refractivity contribution < 1.29 is 13.3 Å². The van der Waals surface area contributed by atoms with Crippen molar-refractivity contribution in [3.63, 3.8) is 0 Å². The lowest BCUT2D eigenvalue weighted by molar-refractivity contribution is -0.384. The van der Waals surface area contributed by atoms with Crippen LogP contribution in [0, 0.1) is 10.1 Å². The third-order valence-corrected chi connectivity index (χ3v) is 3.86. The maximum Gasteiger partial charge on any atom is 0.269 e. The van der Waals surface area contributed by atoms with Crippen LogP contribution in [-0.4, -0.2) is 25.9 Å². The number of hydrogen-bond donors (Lipinski definition) is 2. The van der Waals surface area contributed by atoms with Crippen LogP contribution in [0.15, 0.2) is 29.2 Å². The summed E-state index contributed by atoms with van der Waals surface area (Å²) < 4.78 is 25.9. The average molecular weight is 273 g/mol. The van der Waals surface area contributed by atoms with E-state index in [0.29, 0.717) is 6.42 Å². The van der Waals surface area contributed by atoms with Gasteiger partial charge in [-0.25, -0.2) is 13.1 Å². The number of nitro benzene ring substituents is 1. The van der Waals surface area contributed by atoms with Crippen LogP contribution in [-0.2, 0) is 10.0 Å². The minimum Gasteiger partial charge on any atom is -0.327 e. The second-order valence-corrected chi connectivity index (χ2v) is 5.54. The van der Waals surface area contributed by atoms with Crippen molar-refractivity contribution in [3.05, 3.63) is 34.4 Å². The molecule has 0 saturated carbocycles. The molecule has 100 valence electrons. The summed E-state index contributed by atoms with van der Waals surface area (Å²) in [4.78, 5) is 9.84. The molecule has 18 heavy (non-hydrogen) atoms. The van der Waals surface area contributed by atoms with Crippen molar-refractivity contribution in [1.29, 1.82) is 0 Å². The Bertz CT molecular complexity index is 512. The quantitative estimate of drug-likeness (QED) is 0.582. The van der Waals surface area contributed by atoms with E-state index in [0.717, 1.165) is 12.1 Å². The molecule has 1 aromatic rings. The number of benzene rings is 1. The minimum atomic E-state index is -3.66. The molecule has 0 bridgehead atoms. The second kappa shape index (κ2) is 5.89. The zero-order valence-electron chi connectivity index (χ0n) is 9.87. The van der Waals surface area contributed by atoms with Gasteiger partial charge in [0.15, 0.2) is 0 Å². The van der Waals surface area contributed by atoms with Gasteiger partial charge in [-0.2, -0.15) is 0 Å². The number of rotatable bonds is 6. The molecule has 0 heterocycles. The maximum atomic E-state index is 11.8. The lowest BCUT2D eigenvalue weighted by Gasteiger charge is -2.10. The van der Waals surface area contributed by atoms with E-state index in [-0.39, 0.29) is 23.2 Å². The predicted octanol–water partition coefficient (Wildman–Crippen LogP) is 0.610. The van der Waals surface area contributed by atoms with Crippen LogP contribution >= 0.6 is 0 Å². The SMILES string of the molecule is CCC(N)CNS(=O)(=O)c1ccc([N+](=O)[O-])cc1. The molecule has 0 radical (unpaired) electrons. The number of nitrogens with two attached hydrogens (primary N) is 1. The lowest BCUT2D eigenvalue weighted by Crippen LogP contribution is -2.36. The Kier molecular flexibility index (Phi) is 4.76. The van der Waals surface area contributed by atoms with Crippen LogP contribution in [0.25, 0.3) is 0 Å². The van der Waals surface area contributed by atoms with Gasteiger partial charge in [0.05, 0.1) is 9.82 Å². The number of hydrogen-bond acceptors (Lipinski definition) is 5. The van der Waals surface area contributed by atoms with Crippen molar-refractivity contribution in [2.24, 2.45) is 5.73 Å². The van der Waals surface area contributed by atoms with E-state index in [4.69, 9.17) is 5.73 Å². The van der Waals surface area contributed by atoms with Gasteiger partial charge in [-0.1, -0.05) is 6.92 Å². The fourth-order valence-electron chi connectivity index (χ4n) is 1.19. The lowest BCUT2D eigenvalue weighted by atomic mass is 10.2. The molecule has 1 atom stereocenters. The first-order chi connectivity index (χ1) is 8.36. The molecule has 1 rings (SSSR count). The van der Waals surface area contributed by atoms with Crippen LogP contribution < -0.4 is 10.5 Å². The van der Waals surface area contributed by atoms with Crippen LogP contribution in [0.1, 0.15) is 13.3 Å². The van der Waals surface area contributed by atoms with Gasteiger partial charge >= 0.3 is 0 Å². The van der Waals surface area contributed by atoms with Gasteiger partial charge in [0.25, 0.3) is 5.69 Å². The summed E-state index contributed by atoms with van der Waals surface area (Å²) in [6.45, 7) is 1.99. The third-order valence-electron chi connectivity index (χ3n) is 2.42. The fourth-order valence-corrected chi connectivity index (χ4v) is 2.29. The summed E-state index contributed by atoms with van der Waals surface area (Å²) in [5.74, 6) is 0. The van der Waals surface area contributed by atoms with E-state index >= 15 is 0 Å². The van der Waals surface area contributed by atoms with E-state index < -0.39 is 14.9 Å². The molecule has 0 spiro atoms. The molecule has 0 amide bonds. The van der Waals surface area contributed by atoms with Crippen LogP contribution in [0.2, 0.25) is 0 Å². The van der Waals surface area contributed by atoms with Crippen molar-refractivity contribution in [3.8, 4) is 0 Å². The first kappa shape index (κ1) is 14.6. The highest BCUT2D eigenvalue weighted by Gasteiger charge is 2.16. The summed E-state index contributed by atoms with van der Waals surface area (Å²) in [6, 6.07) is 4.43. The maximum absolute atomic E-state index is 11.8. The van der Waals surface area contributed by atoms with Gasteiger partial charge in [0.1, 0.15) is 0 Å². The zero-order valence-corrected chi connectivity index (χ0v) is 10.7. The molecule has 0 saturated heterocycles. The molecule has 0 aliphatic carbocycles. The Hall–Kier alpha value is -1.51. The van der Waals surface area contributed by atoms with Crippen LogP contribution in [0.4, 0.5) is 5.69 Å². The number of non-ortho nitro benzene ring substituents is 1. The normalized spacial score (nSPS) is 13.2. The molecular weight excluding hydrogens is 258 g/mol. The van der Waals surface area contributed by atoms with E-state index in [2.05, 4.69) is 4.72 Å². The van der Waals surface area contributed by atoms with E-state index in [1.165, 1.54) is 12.1 Å². The molecular formula is C10H15N3O4S. The molecule has 1 unspecified atom stereocenters. The summed E-state index contributed by atoms with van der Waals surface area (Å²) in [5, 5.41) is 10.4. The highest BCUT2D eigenvalue weighted by atomic mass is 32.2. The number of nitrogens with zero attached hydrogens (tertiary/aromatic N) is 1. The van der Waals surface area contributed by atoms with E-state index in [1.54, 1.807) is 0 Å². The Morgan fingerprint density at radius 2 is 1.94 bits per heavy atom. The largest absolute Gasteiger partial charge is 0.327 e. The summed E-state index contributed by atoms with van der Waals surface area (Å²) >= 11 is 0. The van der Waals surface area contributed by atoms with Gasteiger partial charge in [-0.3, -0.25) is 10.1 Å².